The van der Waals surface area contributed by atoms with Crippen molar-refractivity contribution >= 4 is 17.4 Å². The lowest BCUT2D eigenvalue weighted by Gasteiger charge is -2.01. The Morgan fingerprint density at radius 2 is 1.88 bits per heavy atom. The van der Waals surface area contributed by atoms with Gasteiger partial charge < -0.3 is 14.5 Å². The van der Waals surface area contributed by atoms with Crippen molar-refractivity contribution in [3.8, 4) is 0 Å². The van der Waals surface area contributed by atoms with Gasteiger partial charge in [0.05, 0.1) is 40.3 Å². The molecule has 0 aromatic carbocycles. The molecule has 0 aliphatic heterocycles. The summed E-state index contributed by atoms with van der Waals surface area (Å²) in [5.74, 6) is 0.777. The van der Waals surface area contributed by atoms with Crippen LogP contribution in [0, 0.1) is 24.0 Å². The third-order valence-electron chi connectivity index (χ3n) is 3.71. The second-order valence-corrected chi connectivity index (χ2v) is 5.87. The van der Waals surface area contributed by atoms with Gasteiger partial charge in [0.25, 0.3) is 0 Å². The van der Waals surface area contributed by atoms with Crippen LogP contribution in [-0.2, 0) is 25.9 Å². The van der Waals surface area contributed by atoms with E-state index < -0.39 is 4.92 Å². The molecule has 0 radical (unpaired) electrons. The maximum Gasteiger partial charge on any atom is 0.389 e. The molecule has 0 atom stereocenters. The van der Waals surface area contributed by atoms with Crippen molar-refractivity contribution in [2.24, 2.45) is 0 Å². The first-order chi connectivity index (χ1) is 11.9. The number of aromatic nitrogens is 6. The van der Waals surface area contributed by atoms with Gasteiger partial charge in [0.2, 0.25) is 11.8 Å². The molecule has 0 unspecified atom stereocenters. The van der Waals surface area contributed by atoms with Crippen LogP contribution in [0.1, 0.15) is 23.2 Å². The SMILES string of the molecule is Cc1nn(CCc2nnc(CCn3ccc([N+](=O)[O-])n3)o2)c(C)c1Cl. The maximum absolute atomic E-state index is 10.6. The van der Waals surface area contributed by atoms with E-state index in [0.717, 1.165) is 11.4 Å². The Morgan fingerprint density at radius 3 is 2.44 bits per heavy atom. The molecule has 25 heavy (non-hydrogen) atoms. The summed E-state index contributed by atoms with van der Waals surface area (Å²) in [6, 6.07) is 1.35. The largest absolute Gasteiger partial charge is 0.425 e. The summed E-state index contributed by atoms with van der Waals surface area (Å²) in [5.41, 5.74) is 1.69. The van der Waals surface area contributed by atoms with Gasteiger partial charge in [0, 0.05) is 19.4 Å². The molecule has 0 N–H and O–H groups in total. The normalized spacial score (nSPS) is 11.2. The first-order valence-electron chi connectivity index (χ1n) is 7.62. The molecular formula is C14H16ClN7O3. The Kier molecular flexibility index (Phi) is 4.79. The minimum absolute atomic E-state index is 0.185. The highest BCUT2D eigenvalue weighted by Crippen LogP contribution is 2.19. The van der Waals surface area contributed by atoms with E-state index in [1.807, 2.05) is 18.5 Å². The summed E-state index contributed by atoms with van der Waals surface area (Å²) < 4.78 is 8.87. The number of hydrogen-bond acceptors (Lipinski definition) is 7. The fourth-order valence-electron chi connectivity index (χ4n) is 2.37. The van der Waals surface area contributed by atoms with Crippen LogP contribution >= 0.6 is 11.6 Å². The van der Waals surface area contributed by atoms with Crippen LogP contribution in [0.25, 0.3) is 0 Å². The number of nitro groups is 1. The van der Waals surface area contributed by atoms with E-state index in [1.165, 1.54) is 10.7 Å². The van der Waals surface area contributed by atoms with Gasteiger partial charge in [0.1, 0.15) is 0 Å². The van der Waals surface area contributed by atoms with Crippen molar-refractivity contribution in [2.75, 3.05) is 0 Å². The second-order valence-electron chi connectivity index (χ2n) is 5.49. The van der Waals surface area contributed by atoms with Gasteiger partial charge in [-0.25, -0.2) is 0 Å². The summed E-state index contributed by atoms with van der Waals surface area (Å²) in [7, 11) is 0. The molecule has 0 amide bonds. The Hall–Kier alpha value is -2.75. The quantitative estimate of drug-likeness (QED) is 0.464. The summed E-state index contributed by atoms with van der Waals surface area (Å²) in [6.45, 7) is 4.77. The molecule has 3 rings (SSSR count). The molecule has 0 spiro atoms. The van der Waals surface area contributed by atoms with Crippen molar-refractivity contribution in [1.82, 2.24) is 29.8 Å². The van der Waals surface area contributed by atoms with Crippen molar-refractivity contribution in [3.05, 3.63) is 50.6 Å². The van der Waals surface area contributed by atoms with E-state index in [2.05, 4.69) is 20.4 Å². The first-order valence-corrected chi connectivity index (χ1v) is 8.00. The second kappa shape index (κ2) is 7.01. The van der Waals surface area contributed by atoms with E-state index in [4.69, 9.17) is 16.0 Å². The molecular weight excluding hydrogens is 350 g/mol. The van der Waals surface area contributed by atoms with Crippen LogP contribution in [0.2, 0.25) is 5.02 Å². The molecule has 0 fully saturated rings. The minimum atomic E-state index is -0.535. The average molecular weight is 366 g/mol. The number of rotatable bonds is 7. The highest BCUT2D eigenvalue weighted by atomic mass is 35.5. The number of nitrogens with zero attached hydrogens (tertiary/aromatic N) is 7. The van der Waals surface area contributed by atoms with Crippen LogP contribution in [0.5, 0.6) is 0 Å². The molecule has 3 aromatic rings. The molecule has 0 saturated carbocycles. The Morgan fingerprint density at radius 1 is 1.20 bits per heavy atom. The van der Waals surface area contributed by atoms with Crippen molar-refractivity contribution in [1.29, 1.82) is 0 Å². The van der Waals surface area contributed by atoms with E-state index in [-0.39, 0.29) is 5.82 Å². The van der Waals surface area contributed by atoms with Gasteiger partial charge >= 0.3 is 5.82 Å². The number of halogens is 1. The van der Waals surface area contributed by atoms with E-state index in [0.29, 0.717) is 42.7 Å². The predicted octanol–water partition coefficient (Wildman–Crippen LogP) is 2.13. The lowest BCUT2D eigenvalue weighted by atomic mass is 10.4. The zero-order valence-corrected chi connectivity index (χ0v) is 14.5. The number of hydrogen-bond donors (Lipinski definition) is 0. The van der Waals surface area contributed by atoms with Crippen molar-refractivity contribution in [3.63, 3.8) is 0 Å². The number of aryl methyl sites for hydroxylation is 5. The average Bonchev–Trinajstić information content (AvgIpc) is 3.28. The molecule has 0 aliphatic rings. The smallest absolute Gasteiger partial charge is 0.389 e. The molecule has 0 aliphatic carbocycles. The molecule has 11 heteroatoms. The van der Waals surface area contributed by atoms with E-state index in [1.54, 1.807) is 6.20 Å². The summed E-state index contributed by atoms with van der Waals surface area (Å²) in [4.78, 5) is 10.1. The highest BCUT2D eigenvalue weighted by molar-refractivity contribution is 6.31. The summed E-state index contributed by atoms with van der Waals surface area (Å²) in [6.07, 6.45) is 2.53. The summed E-state index contributed by atoms with van der Waals surface area (Å²) >= 11 is 6.12. The van der Waals surface area contributed by atoms with Crippen LogP contribution in [0.3, 0.4) is 0 Å². The van der Waals surface area contributed by atoms with Gasteiger partial charge in [0.15, 0.2) is 0 Å². The lowest BCUT2D eigenvalue weighted by molar-refractivity contribution is -0.389. The molecule has 0 bridgehead atoms. The predicted molar refractivity (Wildman–Crippen MR) is 87.3 cm³/mol. The van der Waals surface area contributed by atoms with Crippen LogP contribution in [-0.4, -0.2) is 34.7 Å². The molecule has 132 valence electrons. The highest BCUT2D eigenvalue weighted by Gasteiger charge is 2.13. The monoisotopic (exact) mass is 365 g/mol. The topological polar surface area (TPSA) is 118 Å². The maximum atomic E-state index is 10.6. The van der Waals surface area contributed by atoms with Gasteiger partial charge in [-0.1, -0.05) is 11.6 Å². The van der Waals surface area contributed by atoms with Crippen molar-refractivity contribution < 1.29 is 9.34 Å². The standard InChI is InChI=1S/C14H16ClN7O3/c1-9-14(15)10(2)21(18-9)8-5-13-17-16-12(25-13)4-7-20-6-3-11(19-20)22(23)24/h3,6H,4-5,7-8H2,1-2H3. The van der Waals surface area contributed by atoms with Crippen LogP contribution in [0.15, 0.2) is 16.7 Å². The third kappa shape index (κ3) is 3.85. The van der Waals surface area contributed by atoms with Gasteiger partial charge in [-0.15, -0.1) is 10.2 Å². The first kappa shape index (κ1) is 17.1. The Balaban J connectivity index is 1.55. The molecule has 3 aromatic heterocycles. The van der Waals surface area contributed by atoms with E-state index in [9.17, 15) is 10.1 Å². The Labute approximate surface area is 147 Å². The van der Waals surface area contributed by atoms with Gasteiger partial charge in [-0.05, 0) is 18.8 Å². The fourth-order valence-corrected chi connectivity index (χ4v) is 2.50. The van der Waals surface area contributed by atoms with Gasteiger partial charge in [-0.2, -0.15) is 9.78 Å². The molecule has 3 heterocycles. The molecule has 0 saturated heterocycles. The zero-order chi connectivity index (χ0) is 18.0. The van der Waals surface area contributed by atoms with Crippen molar-refractivity contribution in [2.45, 2.75) is 39.8 Å². The van der Waals surface area contributed by atoms with E-state index >= 15 is 0 Å². The fraction of sp³-hybridized carbons (Fsp3) is 0.429. The van der Waals surface area contributed by atoms with Crippen LogP contribution in [0.4, 0.5) is 5.82 Å². The Bertz CT molecular complexity index is 898. The molecule has 10 nitrogen and oxygen atoms in total. The van der Waals surface area contributed by atoms with Gasteiger partial charge in [-0.3, -0.25) is 4.68 Å². The minimum Gasteiger partial charge on any atom is -0.425 e. The third-order valence-corrected chi connectivity index (χ3v) is 4.25. The summed E-state index contributed by atoms with van der Waals surface area (Å²) in [5, 5.41) is 27.4. The zero-order valence-electron chi connectivity index (χ0n) is 13.7. The van der Waals surface area contributed by atoms with Crippen LogP contribution < -0.4 is 0 Å². The lowest BCUT2D eigenvalue weighted by Crippen LogP contribution is -2.05.